The van der Waals surface area contributed by atoms with E-state index in [1.807, 2.05) is 6.92 Å². The number of phenolic OH excluding ortho intramolecular Hbond substituents is 1. The standard InChI is InChI=1S/C12H16Br2O/c1-3-4-5-6-9-11(13)8(2)7-10(15)12(9)14/h7,15H,3-6H2,1-2H3. The second-order valence-electron chi connectivity index (χ2n) is 3.78. The van der Waals surface area contributed by atoms with Gasteiger partial charge in [0.25, 0.3) is 0 Å². The largest absolute Gasteiger partial charge is 0.507 e. The number of aryl methyl sites for hydroxylation is 1. The van der Waals surface area contributed by atoms with Crippen LogP contribution in [0.5, 0.6) is 5.75 Å². The maximum atomic E-state index is 9.69. The molecule has 15 heavy (non-hydrogen) atoms. The summed E-state index contributed by atoms with van der Waals surface area (Å²) in [5.74, 6) is 0.335. The van der Waals surface area contributed by atoms with Crippen LogP contribution in [0.1, 0.15) is 37.3 Å². The van der Waals surface area contributed by atoms with Crippen LogP contribution in [0.25, 0.3) is 0 Å². The Morgan fingerprint density at radius 1 is 1.20 bits per heavy atom. The molecule has 0 aliphatic heterocycles. The molecule has 0 radical (unpaired) electrons. The highest BCUT2D eigenvalue weighted by Gasteiger charge is 2.11. The van der Waals surface area contributed by atoms with Crippen LogP contribution in [-0.4, -0.2) is 5.11 Å². The number of halogens is 2. The van der Waals surface area contributed by atoms with Gasteiger partial charge in [-0.3, -0.25) is 0 Å². The van der Waals surface area contributed by atoms with Gasteiger partial charge in [0.2, 0.25) is 0 Å². The molecule has 1 N–H and O–H groups in total. The van der Waals surface area contributed by atoms with Gasteiger partial charge in [-0.15, -0.1) is 0 Å². The van der Waals surface area contributed by atoms with Gasteiger partial charge >= 0.3 is 0 Å². The van der Waals surface area contributed by atoms with Crippen LogP contribution >= 0.6 is 31.9 Å². The Hall–Kier alpha value is -0.0200. The van der Waals surface area contributed by atoms with Crippen LogP contribution in [0.4, 0.5) is 0 Å². The minimum atomic E-state index is 0.335. The Labute approximate surface area is 108 Å². The lowest BCUT2D eigenvalue weighted by atomic mass is 10.0. The third kappa shape index (κ3) is 3.22. The minimum Gasteiger partial charge on any atom is -0.507 e. The summed E-state index contributed by atoms with van der Waals surface area (Å²) in [6, 6.07) is 1.78. The van der Waals surface area contributed by atoms with E-state index in [1.54, 1.807) is 6.07 Å². The average Bonchev–Trinajstić information content (AvgIpc) is 2.20. The second-order valence-corrected chi connectivity index (χ2v) is 5.36. The van der Waals surface area contributed by atoms with Crippen LogP contribution in [0.15, 0.2) is 15.0 Å². The molecule has 1 aromatic rings. The normalized spacial score (nSPS) is 10.7. The number of rotatable bonds is 4. The topological polar surface area (TPSA) is 20.2 Å². The molecule has 1 nitrogen and oxygen atoms in total. The summed E-state index contributed by atoms with van der Waals surface area (Å²) < 4.78 is 1.94. The molecular formula is C12H16Br2O. The molecule has 1 rings (SSSR count). The molecule has 0 spiro atoms. The molecule has 0 bridgehead atoms. The third-order valence-electron chi connectivity index (χ3n) is 2.48. The Bertz CT molecular complexity index is 322. The van der Waals surface area contributed by atoms with Gasteiger partial charge in [0.1, 0.15) is 5.75 Å². The maximum absolute atomic E-state index is 9.69. The zero-order valence-electron chi connectivity index (χ0n) is 9.11. The predicted octanol–water partition coefficient (Wildman–Crippen LogP) is 4.96. The van der Waals surface area contributed by atoms with E-state index in [0.717, 1.165) is 27.4 Å². The fourth-order valence-electron chi connectivity index (χ4n) is 1.59. The van der Waals surface area contributed by atoms with Crippen molar-refractivity contribution in [1.29, 1.82) is 0 Å². The van der Waals surface area contributed by atoms with Gasteiger partial charge in [-0.1, -0.05) is 35.7 Å². The van der Waals surface area contributed by atoms with Gasteiger partial charge in [-0.2, -0.15) is 0 Å². The Morgan fingerprint density at radius 3 is 2.47 bits per heavy atom. The van der Waals surface area contributed by atoms with Gasteiger partial charge in [-0.25, -0.2) is 0 Å². The van der Waals surface area contributed by atoms with E-state index in [9.17, 15) is 5.11 Å². The fraction of sp³-hybridized carbons (Fsp3) is 0.500. The quantitative estimate of drug-likeness (QED) is 0.771. The average molecular weight is 336 g/mol. The van der Waals surface area contributed by atoms with Crippen LogP contribution in [-0.2, 0) is 6.42 Å². The summed E-state index contributed by atoms with van der Waals surface area (Å²) in [4.78, 5) is 0. The molecule has 0 atom stereocenters. The smallest absolute Gasteiger partial charge is 0.130 e. The lowest BCUT2D eigenvalue weighted by molar-refractivity contribution is 0.470. The SMILES string of the molecule is CCCCCc1c(Br)c(C)cc(O)c1Br. The zero-order chi connectivity index (χ0) is 11.4. The van der Waals surface area contributed by atoms with E-state index >= 15 is 0 Å². The maximum Gasteiger partial charge on any atom is 0.130 e. The molecule has 0 heterocycles. The predicted molar refractivity (Wildman–Crippen MR) is 71.5 cm³/mol. The van der Waals surface area contributed by atoms with Crippen LogP contribution in [0.2, 0.25) is 0 Å². The first-order chi connectivity index (χ1) is 7.07. The van der Waals surface area contributed by atoms with Crippen molar-refractivity contribution in [2.24, 2.45) is 0 Å². The molecular weight excluding hydrogens is 320 g/mol. The van der Waals surface area contributed by atoms with Crippen LogP contribution < -0.4 is 0 Å². The highest BCUT2D eigenvalue weighted by Crippen LogP contribution is 2.36. The molecule has 1 aromatic carbocycles. The van der Waals surface area contributed by atoms with Gasteiger partial charge in [0, 0.05) is 4.47 Å². The summed E-state index contributed by atoms with van der Waals surface area (Å²) >= 11 is 7.01. The van der Waals surface area contributed by atoms with E-state index in [-0.39, 0.29) is 0 Å². The second kappa shape index (κ2) is 5.90. The first kappa shape index (κ1) is 13.0. The Balaban J connectivity index is 2.94. The van der Waals surface area contributed by atoms with Crippen molar-refractivity contribution in [1.82, 2.24) is 0 Å². The van der Waals surface area contributed by atoms with Crippen LogP contribution in [0.3, 0.4) is 0 Å². The van der Waals surface area contributed by atoms with Crippen molar-refractivity contribution in [2.45, 2.75) is 39.5 Å². The molecule has 0 amide bonds. The lowest BCUT2D eigenvalue weighted by Gasteiger charge is -2.11. The number of unbranched alkanes of at least 4 members (excludes halogenated alkanes) is 2. The molecule has 0 aliphatic carbocycles. The molecule has 0 saturated heterocycles. The van der Waals surface area contributed by atoms with Crippen LogP contribution in [0, 0.1) is 6.92 Å². The molecule has 0 unspecified atom stereocenters. The van der Waals surface area contributed by atoms with E-state index in [1.165, 1.54) is 18.4 Å². The van der Waals surface area contributed by atoms with Crippen molar-refractivity contribution < 1.29 is 5.11 Å². The lowest BCUT2D eigenvalue weighted by Crippen LogP contribution is -1.92. The van der Waals surface area contributed by atoms with E-state index in [4.69, 9.17) is 0 Å². The number of hydrogen-bond donors (Lipinski definition) is 1. The van der Waals surface area contributed by atoms with Crippen molar-refractivity contribution >= 4 is 31.9 Å². The third-order valence-corrected chi connectivity index (χ3v) is 4.47. The number of benzene rings is 1. The summed E-state index contributed by atoms with van der Waals surface area (Å²) in [5, 5.41) is 9.69. The first-order valence-corrected chi connectivity index (χ1v) is 6.83. The number of phenols is 1. The summed E-state index contributed by atoms with van der Waals surface area (Å²) in [5.41, 5.74) is 2.27. The Morgan fingerprint density at radius 2 is 1.87 bits per heavy atom. The first-order valence-electron chi connectivity index (χ1n) is 5.24. The fourth-order valence-corrected chi connectivity index (χ4v) is 2.88. The van der Waals surface area contributed by atoms with Gasteiger partial charge < -0.3 is 5.11 Å². The van der Waals surface area contributed by atoms with E-state index < -0.39 is 0 Å². The zero-order valence-corrected chi connectivity index (χ0v) is 12.3. The number of hydrogen-bond acceptors (Lipinski definition) is 1. The van der Waals surface area contributed by atoms with Crippen molar-refractivity contribution in [3.05, 3.63) is 26.1 Å². The van der Waals surface area contributed by atoms with Gasteiger partial charge in [-0.05, 0) is 52.9 Å². The van der Waals surface area contributed by atoms with Gasteiger partial charge in [0.05, 0.1) is 4.47 Å². The van der Waals surface area contributed by atoms with E-state index in [0.29, 0.717) is 5.75 Å². The molecule has 0 aromatic heterocycles. The summed E-state index contributed by atoms with van der Waals surface area (Å²) in [6.07, 6.45) is 4.61. The van der Waals surface area contributed by atoms with Crippen molar-refractivity contribution in [3.63, 3.8) is 0 Å². The Kier molecular flexibility index (Phi) is 5.13. The van der Waals surface area contributed by atoms with Gasteiger partial charge in [0.15, 0.2) is 0 Å². The highest BCUT2D eigenvalue weighted by molar-refractivity contribution is 9.11. The molecule has 0 aliphatic rings. The number of aromatic hydroxyl groups is 1. The van der Waals surface area contributed by atoms with Crippen molar-refractivity contribution in [3.8, 4) is 5.75 Å². The van der Waals surface area contributed by atoms with Crippen molar-refractivity contribution in [2.75, 3.05) is 0 Å². The molecule has 0 saturated carbocycles. The monoisotopic (exact) mass is 334 g/mol. The molecule has 0 fully saturated rings. The summed E-state index contributed by atoms with van der Waals surface area (Å²) in [6.45, 7) is 4.19. The highest BCUT2D eigenvalue weighted by atomic mass is 79.9. The minimum absolute atomic E-state index is 0.335. The summed E-state index contributed by atoms with van der Waals surface area (Å²) in [7, 11) is 0. The molecule has 3 heteroatoms. The molecule has 84 valence electrons. The van der Waals surface area contributed by atoms with E-state index in [2.05, 4.69) is 38.8 Å².